The van der Waals surface area contributed by atoms with Crippen molar-refractivity contribution in [3.8, 4) is 5.75 Å². The van der Waals surface area contributed by atoms with Crippen LogP contribution in [0, 0.1) is 5.82 Å². The third-order valence-corrected chi connectivity index (χ3v) is 7.52. The van der Waals surface area contributed by atoms with E-state index < -0.39 is 15.7 Å². The monoisotopic (exact) mass is 456 g/mol. The number of ether oxygens (including phenoxy) is 1. The van der Waals surface area contributed by atoms with Gasteiger partial charge in [0.15, 0.2) is 0 Å². The summed E-state index contributed by atoms with van der Waals surface area (Å²) in [7, 11) is -2.64. The molecular formula is C22H17FN2O4S2. The highest BCUT2D eigenvalue weighted by Crippen LogP contribution is 2.30. The van der Waals surface area contributed by atoms with Crippen LogP contribution in [0.2, 0.25) is 0 Å². The van der Waals surface area contributed by atoms with Crippen molar-refractivity contribution in [2.24, 2.45) is 0 Å². The van der Waals surface area contributed by atoms with Gasteiger partial charge in [0.1, 0.15) is 16.5 Å². The van der Waals surface area contributed by atoms with E-state index in [9.17, 15) is 17.6 Å². The first-order valence-electron chi connectivity index (χ1n) is 9.18. The number of pyridine rings is 1. The van der Waals surface area contributed by atoms with Gasteiger partial charge in [0, 0.05) is 18.9 Å². The molecule has 0 saturated carbocycles. The van der Waals surface area contributed by atoms with Crippen molar-refractivity contribution in [2.75, 3.05) is 7.11 Å². The van der Waals surface area contributed by atoms with Crippen LogP contribution in [-0.2, 0) is 16.4 Å². The minimum absolute atomic E-state index is 0.00322. The van der Waals surface area contributed by atoms with Crippen molar-refractivity contribution in [3.05, 3.63) is 83.2 Å². The maximum Gasteiger partial charge on any atom is 0.261 e. The van der Waals surface area contributed by atoms with Gasteiger partial charge in [-0.15, -0.1) is 11.3 Å². The maximum absolute atomic E-state index is 13.6. The highest BCUT2D eigenvalue weighted by atomic mass is 32.2. The summed E-state index contributed by atoms with van der Waals surface area (Å²) in [5.41, 5.74) is 0.723. The third kappa shape index (κ3) is 4.28. The smallest absolute Gasteiger partial charge is 0.261 e. The Labute approximate surface area is 182 Å². The molecule has 4 rings (SSSR count). The Kier molecular flexibility index (Phi) is 5.71. The number of hydrogen-bond donors (Lipinski definition) is 1. The zero-order valence-corrected chi connectivity index (χ0v) is 18.0. The number of sulfone groups is 1. The third-order valence-electron chi connectivity index (χ3n) is 4.65. The molecule has 0 atom stereocenters. The number of amides is 1. The SMILES string of the molecule is COc1ccc(F)cc1S(=O)(=O)c1ccc(CNC(=O)c2cc3ccncc3s2)cc1. The van der Waals surface area contributed by atoms with Crippen molar-refractivity contribution in [3.63, 3.8) is 0 Å². The molecule has 158 valence electrons. The molecule has 6 nitrogen and oxygen atoms in total. The fourth-order valence-corrected chi connectivity index (χ4v) is 5.42. The van der Waals surface area contributed by atoms with Gasteiger partial charge in [-0.05, 0) is 53.4 Å². The zero-order chi connectivity index (χ0) is 22.0. The van der Waals surface area contributed by atoms with Gasteiger partial charge in [0.25, 0.3) is 5.91 Å². The van der Waals surface area contributed by atoms with E-state index in [0.717, 1.165) is 27.8 Å². The second-order valence-electron chi connectivity index (χ2n) is 6.65. The van der Waals surface area contributed by atoms with Crippen LogP contribution < -0.4 is 10.1 Å². The van der Waals surface area contributed by atoms with E-state index >= 15 is 0 Å². The molecule has 1 amide bonds. The molecule has 31 heavy (non-hydrogen) atoms. The molecule has 0 aliphatic rings. The molecule has 9 heteroatoms. The predicted octanol–water partition coefficient (Wildman–Crippen LogP) is 4.21. The summed E-state index contributed by atoms with van der Waals surface area (Å²) >= 11 is 1.35. The Balaban J connectivity index is 1.49. The fourth-order valence-electron chi connectivity index (χ4n) is 3.04. The second-order valence-corrected chi connectivity index (χ2v) is 9.65. The summed E-state index contributed by atoms with van der Waals surface area (Å²) in [6.07, 6.45) is 3.38. The van der Waals surface area contributed by atoms with Crippen molar-refractivity contribution < 1.29 is 22.3 Å². The first-order chi connectivity index (χ1) is 14.9. The first-order valence-corrected chi connectivity index (χ1v) is 11.5. The second kappa shape index (κ2) is 8.44. The number of nitrogens with zero attached hydrogens (tertiary/aromatic N) is 1. The summed E-state index contributed by atoms with van der Waals surface area (Å²) < 4.78 is 45.4. The number of carbonyl (C=O) groups is 1. The maximum atomic E-state index is 13.6. The number of methoxy groups -OCH3 is 1. The number of halogens is 1. The van der Waals surface area contributed by atoms with E-state index in [-0.39, 0.29) is 28.0 Å². The summed E-state index contributed by atoms with van der Waals surface area (Å²) in [6, 6.07) is 13.0. The van der Waals surface area contributed by atoms with Gasteiger partial charge in [0.2, 0.25) is 9.84 Å². The number of rotatable bonds is 6. The van der Waals surface area contributed by atoms with Crippen LogP contribution in [0.5, 0.6) is 5.75 Å². The number of nitrogens with one attached hydrogen (secondary N) is 1. The summed E-state index contributed by atoms with van der Waals surface area (Å²) in [4.78, 5) is 16.8. The largest absolute Gasteiger partial charge is 0.495 e. The number of thiophene rings is 1. The van der Waals surface area contributed by atoms with Crippen molar-refractivity contribution >= 4 is 37.2 Å². The van der Waals surface area contributed by atoms with Crippen LogP contribution in [0.1, 0.15) is 15.2 Å². The van der Waals surface area contributed by atoms with E-state index in [0.29, 0.717) is 4.88 Å². The topological polar surface area (TPSA) is 85.4 Å². The van der Waals surface area contributed by atoms with Crippen molar-refractivity contribution in [1.82, 2.24) is 10.3 Å². The number of benzene rings is 2. The van der Waals surface area contributed by atoms with Crippen LogP contribution in [0.25, 0.3) is 10.1 Å². The average Bonchev–Trinajstić information content (AvgIpc) is 3.22. The molecule has 2 aromatic heterocycles. The molecule has 0 fully saturated rings. The van der Waals surface area contributed by atoms with Gasteiger partial charge in [0.05, 0.1) is 21.6 Å². The Morgan fingerprint density at radius 2 is 1.90 bits per heavy atom. The Morgan fingerprint density at radius 3 is 2.61 bits per heavy atom. The van der Waals surface area contributed by atoms with Crippen LogP contribution in [0.3, 0.4) is 0 Å². The molecule has 4 aromatic rings. The molecule has 0 aliphatic carbocycles. The van der Waals surface area contributed by atoms with E-state index in [1.165, 1.54) is 36.6 Å². The Hall–Kier alpha value is -3.30. The highest BCUT2D eigenvalue weighted by Gasteiger charge is 2.23. The van der Waals surface area contributed by atoms with E-state index in [4.69, 9.17) is 4.74 Å². The number of hydrogen-bond acceptors (Lipinski definition) is 6. The summed E-state index contributed by atoms with van der Waals surface area (Å²) in [6.45, 7) is 0.231. The lowest BCUT2D eigenvalue weighted by Gasteiger charge is -2.10. The molecule has 0 unspecified atom stereocenters. The molecule has 2 aromatic carbocycles. The predicted molar refractivity (Wildman–Crippen MR) is 116 cm³/mol. The van der Waals surface area contributed by atoms with Gasteiger partial charge in [-0.25, -0.2) is 12.8 Å². The Morgan fingerprint density at radius 1 is 1.13 bits per heavy atom. The zero-order valence-electron chi connectivity index (χ0n) is 16.3. The van der Waals surface area contributed by atoms with Gasteiger partial charge in [-0.3, -0.25) is 9.78 Å². The van der Waals surface area contributed by atoms with Crippen LogP contribution in [0.4, 0.5) is 4.39 Å². The highest BCUT2D eigenvalue weighted by molar-refractivity contribution is 7.91. The normalized spacial score (nSPS) is 11.4. The molecule has 0 aliphatic heterocycles. The van der Waals surface area contributed by atoms with Gasteiger partial charge >= 0.3 is 0 Å². The minimum atomic E-state index is -3.97. The van der Waals surface area contributed by atoms with Crippen LogP contribution >= 0.6 is 11.3 Å². The molecule has 0 spiro atoms. The molecule has 0 bridgehead atoms. The molecular weight excluding hydrogens is 439 g/mol. The number of fused-ring (bicyclic) bond motifs is 1. The molecule has 1 N–H and O–H groups in total. The van der Waals surface area contributed by atoms with Gasteiger partial charge in [-0.2, -0.15) is 0 Å². The van der Waals surface area contributed by atoms with E-state index in [1.54, 1.807) is 30.6 Å². The summed E-state index contributed by atoms with van der Waals surface area (Å²) in [5, 5.41) is 3.78. The first kappa shape index (κ1) is 21.0. The van der Waals surface area contributed by atoms with Crippen molar-refractivity contribution in [2.45, 2.75) is 16.3 Å². The lowest BCUT2D eigenvalue weighted by Crippen LogP contribution is -2.21. The standard InChI is InChI=1S/C22H17FN2O4S2/c1-29-18-7-4-16(23)11-21(18)31(27,28)17-5-2-14(3-6-17)12-25-22(26)19-10-15-8-9-24-13-20(15)30-19/h2-11,13H,12H2,1H3,(H,25,26). The molecule has 0 saturated heterocycles. The van der Waals surface area contributed by atoms with Crippen molar-refractivity contribution in [1.29, 1.82) is 0 Å². The van der Waals surface area contributed by atoms with Gasteiger partial charge < -0.3 is 10.1 Å². The van der Waals surface area contributed by atoms with Crippen LogP contribution in [0.15, 0.2) is 76.8 Å². The number of aromatic nitrogens is 1. The Bertz CT molecular complexity index is 1330. The lowest BCUT2D eigenvalue weighted by atomic mass is 10.2. The molecule has 0 radical (unpaired) electrons. The van der Waals surface area contributed by atoms with Gasteiger partial charge in [-0.1, -0.05) is 12.1 Å². The molecule has 2 heterocycles. The summed E-state index contributed by atoms with van der Waals surface area (Å²) in [5.74, 6) is -0.825. The minimum Gasteiger partial charge on any atom is -0.495 e. The lowest BCUT2D eigenvalue weighted by molar-refractivity contribution is 0.0955. The quantitative estimate of drug-likeness (QED) is 0.470. The van der Waals surface area contributed by atoms with E-state index in [1.807, 2.05) is 6.07 Å². The fraction of sp³-hybridized carbons (Fsp3) is 0.0909. The average molecular weight is 457 g/mol. The van der Waals surface area contributed by atoms with Crippen LogP contribution in [-0.4, -0.2) is 26.4 Å². The number of carbonyl (C=O) groups excluding carboxylic acids is 1. The van der Waals surface area contributed by atoms with E-state index in [2.05, 4.69) is 10.3 Å².